The molecule has 3 amide bonds. The van der Waals surface area contributed by atoms with Crippen molar-refractivity contribution in [2.75, 3.05) is 13.2 Å². The summed E-state index contributed by atoms with van der Waals surface area (Å²) in [7, 11) is 0. The van der Waals surface area contributed by atoms with E-state index in [1.807, 2.05) is 18.2 Å². The number of nitrogens with one attached hydrogen (secondary N) is 2. The van der Waals surface area contributed by atoms with Crippen LogP contribution in [0, 0.1) is 0 Å². The van der Waals surface area contributed by atoms with E-state index in [0.717, 1.165) is 31.4 Å². The highest BCUT2D eigenvalue weighted by atomic mass is 35.5. The lowest BCUT2D eigenvalue weighted by molar-refractivity contribution is -0.140. The number of amides is 3. The Morgan fingerprint density at radius 3 is 2.56 bits per heavy atom. The summed E-state index contributed by atoms with van der Waals surface area (Å²) in [4.78, 5) is 41.6. The third kappa shape index (κ3) is 7.54. The molecule has 4 atom stereocenters. The fourth-order valence-electron chi connectivity index (χ4n) is 5.71. The van der Waals surface area contributed by atoms with Gasteiger partial charge in [-0.25, -0.2) is 0 Å². The lowest BCUT2D eigenvalue weighted by atomic mass is 10.0. The first-order chi connectivity index (χ1) is 20.7. The van der Waals surface area contributed by atoms with E-state index in [4.69, 9.17) is 32.7 Å². The SMILES string of the molecule is C=CCOc1c(Cl)cc(C(=O)NC(C)C(=O)N2CCCC2C(=O)NC2CC(=C3CC3)OC2CCc2ccccc2)cc1Cl. The van der Waals surface area contributed by atoms with Crippen LogP contribution < -0.4 is 15.4 Å². The number of hydrogen-bond acceptors (Lipinski definition) is 5. The number of nitrogens with zero attached hydrogens (tertiary/aromatic N) is 1. The largest absolute Gasteiger partial charge is 0.493 e. The Labute approximate surface area is 262 Å². The second-order valence-electron chi connectivity index (χ2n) is 11.3. The van der Waals surface area contributed by atoms with Crippen LogP contribution in [0.2, 0.25) is 10.0 Å². The van der Waals surface area contributed by atoms with Gasteiger partial charge in [-0.05, 0) is 68.7 Å². The van der Waals surface area contributed by atoms with E-state index in [2.05, 4.69) is 29.3 Å². The smallest absolute Gasteiger partial charge is 0.252 e. The van der Waals surface area contributed by atoms with E-state index in [1.165, 1.54) is 23.3 Å². The summed E-state index contributed by atoms with van der Waals surface area (Å²) in [5, 5.41) is 6.29. The van der Waals surface area contributed by atoms with Crippen LogP contribution >= 0.6 is 23.2 Å². The van der Waals surface area contributed by atoms with Gasteiger partial charge in [0.05, 0.1) is 21.8 Å². The van der Waals surface area contributed by atoms with Gasteiger partial charge in [0.2, 0.25) is 11.8 Å². The van der Waals surface area contributed by atoms with E-state index in [1.54, 1.807) is 17.9 Å². The summed E-state index contributed by atoms with van der Waals surface area (Å²) in [5.41, 5.74) is 2.76. The fourth-order valence-corrected chi connectivity index (χ4v) is 6.31. The number of benzene rings is 2. The van der Waals surface area contributed by atoms with Crippen LogP contribution in [0.4, 0.5) is 0 Å². The second kappa shape index (κ2) is 13.9. The second-order valence-corrected chi connectivity index (χ2v) is 12.1. The average molecular weight is 627 g/mol. The summed E-state index contributed by atoms with van der Waals surface area (Å²) >= 11 is 12.6. The number of allylic oxidation sites excluding steroid dienone is 1. The highest BCUT2D eigenvalue weighted by Crippen LogP contribution is 2.39. The zero-order valence-electron chi connectivity index (χ0n) is 24.2. The average Bonchev–Trinajstić information content (AvgIpc) is 3.59. The Morgan fingerprint density at radius 2 is 1.88 bits per heavy atom. The van der Waals surface area contributed by atoms with Crippen LogP contribution in [0.5, 0.6) is 5.75 Å². The van der Waals surface area contributed by atoms with Gasteiger partial charge in [0.1, 0.15) is 24.8 Å². The van der Waals surface area contributed by atoms with Gasteiger partial charge >= 0.3 is 0 Å². The number of aryl methyl sites for hydroxylation is 1. The summed E-state index contributed by atoms with van der Waals surface area (Å²) in [5.74, 6) is 0.256. The molecule has 3 fully saturated rings. The van der Waals surface area contributed by atoms with Crippen molar-refractivity contribution in [3.63, 3.8) is 0 Å². The number of carbonyl (C=O) groups is 3. The molecule has 0 aromatic heterocycles. The zero-order chi connectivity index (χ0) is 30.5. The van der Waals surface area contributed by atoms with Crippen LogP contribution in [0.3, 0.4) is 0 Å². The topological polar surface area (TPSA) is 97.0 Å². The van der Waals surface area contributed by atoms with Gasteiger partial charge in [0.25, 0.3) is 5.91 Å². The number of hydrogen-bond donors (Lipinski definition) is 2. The van der Waals surface area contributed by atoms with Crippen LogP contribution in [-0.2, 0) is 20.7 Å². The molecule has 43 heavy (non-hydrogen) atoms. The van der Waals surface area contributed by atoms with Crippen molar-refractivity contribution in [1.29, 1.82) is 0 Å². The van der Waals surface area contributed by atoms with Gasteiger partial charge in [-0.3, -0.25) is 14.4 Å². The summed E-state index contributed by atoms with van der Waals surface area (Å²) in [6, 6.07) is 11.5. The zero-order valence-corrected chi connectivity index (χ0v) is 25.8. The standard InChI is InChI=1S/C33H37Cl2N3O5/c1-3-16-42-30-24(34)17-23(18-25(30)35)31(39)36-20(2)33(41)38-15-7-10-27(38)32(40)37-26-19-29(22-12-13-22)43-28(26)14-11-21-8-5-4-6-9-21/h3-6,8-9,17-18,20,26-28H,1,7,10-16,19H2,2H3,(H,36,39)(H,37,40). The van der Waals surface area contributed by atoms with E-state index in [0.29, 0.717) is 25.8 Å². The summed E-state index contributed by atoms with van der Waals surface area (Å²) in [6.07, 6.45) is 7.13. The Morgan fingerprint density at radius 1 is 1.16 bits per heavy atom. The first-order valence-electron chi connectivity index (χ1n) is 14.8. The maximum Gasteiger partial charge on any atom is 0.252 e. The van der Waals surface area contributed by atoms with Gasteiger partial charge in [-0.1, -0.05) is 66.2 Å². The normalized spacial score (nSPS) is 21.7. The molecule has 10 heteroatoms. The maximum atomic E-state index is 13.6. The molecule has 2 aliphatic heterocycles. The highest BCUT2D eigenvalue weighted by Gasteiger charge is 2.41. The molecular formula is C33H37Cl2N3O5. The molecule has 2 N–H and O–H groups in total. The first kappa shape index (κ1) is 31.0. The van der Waals surface area contributed by atoms with Gasteiger partial charge in [0.15, 0.2) is 5.75 Å². The van der Waals surface area contributed by atoms with Crippen LogP contribution in [0.15, 0.2) is 66.5 Å². The van der Waals surface area contributed by atoms with Gasteiger partial charge in [0, 0.05) is 18.5 Å². The number of likely N-dealkylation sites (tertiary alicyclic amines) is 1. The molecule has 2 saturated heterocycles. The van der Waals surface area contributed by atoms with Crippen LogP contribution in [0.25, 0.3) is 0 Å². The fraction of sp³-hybridized carbons (Fsp3) is 0.424. The van der Waals surface area contributed by atoms with Crippen molar-refractivity contribution in [3.8, 4) is 5.75 Å². The predicted molar refractivity (Wildman–Crippen MR) is 166 cm³/mol. The Hall–Kier alpha value is -3.49. The molecule has 228 valence electrons. The third-order valence-corrected chi connectivity index (χ3v) is 8.65. The molecule has 8 nitrogen and oxygen atoms in total. The Kier molecular flexibility index (Phi) is 9.98. The van der Waals surface area contributed by atoms with Crippen molar-refractivity contribution < 1.29 is 23.9 Å². The van der Waals surface area contributed by atoms with E-state index in [9.17, 15) is 14.4 Å². The van der Waals surface area contributed by atoms with Gasteiger partial charge in [-0.15, -0.1) is 0 Å². The van der Waals surface area contributed by atoms with Crippen LogP contribution in [-0.4, -0.2) is 60.0 Å². The van der Waals surface area contributed by atoms with Crippen molar-refractivity contribution in [3.05, 3.63) is 87.6 Å². The summed E-state index contributed by atoms with van der Waals surface area (Å²) in [6.45, 7) is 5.85. The molecule has 2 aromatic rings. The monoisotopic (exact) mass is 625 g/mol. The van der Waals surface area contributed by atoms with Crippen LogP contribution in [0.1, 0.15) is 61.4 Å². The number of ether oxygens (including phenoxy) is 2. The molecule has 3 aliphatic rings. The molecular weight excluding hydrogens is 589 g/mol. The molecule has 0 bridgehead atoms. The number of rotatable bonds is 11. The maximum absolute atomic E-state index is 13.6. The van der Waals surface area contributed by atoms with Crippen molar-refractivity contribution >= 4 is 40.9 Å². The number of carbonyl (C=O) groups excluding carboxylic acids is 3. The minimum Gasteiger partial charge on any atom is -0.493 e. The van der Waals surface area contributed by atoms with E-state index in [-0.39, 0.29) is 51.9 Å². The lowest BCUT2D eigenvalue weighted by Gasteiger charge is -2.29. The lowest BCUT2D eigenvalue weighted by Crippen LogP contribution is -2.54. The molecule has 4 unspecified atom stereocenters. The Balaban J connectivity index is 1.20. The van der Waals surface area contributed by atoms with E-state index >= 15 is 0 Å². The molecule has 2 aromatic carbocycles. The molecule has 1 saturated carbocycles. The first-order valence-corrected chi connectivity index (χ1v) is 15.6. The molecule has 0 radical (unpaired) electrons. The number of halogens is 2. The highest BCUT2D eigenvalue weighted by molar-refractivity contribution is 6.37. The van der Waals surface area contributed by atoms with Crippen molar-refractivity contribution in [2.24, 2.45) is 0 Å². The van der Waals surface area contributed by atoms with Crippen molar-refractivity contribution in [1.82, 2.24) is 15.5 Å². The third-order valence-electron chi connectivity index (χ3n) is 8.09. The van der Waals surface area contributed by atoms with Crippen molar-refractivity contribution in [2.45, 2.75) is 76.1 Å². The van der Waals surface area contributed by atoms with Gasteiger partial charge in [-0.2, -0.15) is 0 Å². The Bertz CT molecular complexity index is 1380. The molecule has 5 rings (SSSR count). The minimum absolute atomic E-state index is 0.122. The van der Waals surface area contributed by atoms with E-state index < -0.39 is 18.0 Å². The predicted octanol–water partition coefficient (Wildman–Crippen LogP) is 5.62. The molecule has 0 spiro atoms. The summed E-state index contributed by atoms with van der Waals surface area (Å²) < 4.78 is 11.8. The van der Waals surface area contributed by atoms with Gasteiger partial charge < -0.3 is 25.0 Å². The molecule has 1 aliphatic carbocycles. The minimum atomic E-state index is -0.866. The molecule has 2 heterocycles. The quantitative estimate of drug-likeness (QED) is 0.316.